The lowest BCUT2D eigenvalue weighted by atomic mass is 10.1. The van der Waals surface area contributed by atoms with Crippen LogP contribution < -0.4 is 10.6 Å². The standard InChI is InChI=1S/C20H15F3N2O2S/c21-20(22,23)14-7-3-5-13(11-14)6-4-10-24-18(26)12-17-19(27)25-15-8-1-2-9-16(15)28-17/h1-3,5,7-9,11,17H,10,12H2,(H,24,26)(H,25,27). The molecular formula is C20H15F3N2O2S. The van der Waals surface area contributed by atoms with Crippen LogP contribution in [0.5, 0.6) is 0 Å². The zero-order chi connectivity index (χ0) is 20.1. The lowest BCUT2D eigenvalue weighted by Gasteiger charge is -2.23. The number of thioether (sulfide) groups is 1. The smallest absolute Gasteiger partial charge is 0.345 e. The van der Waals surface area contributed by atoms with Crippen molar-refractivity contribution in [1.29, 1.82) is 0 Å². The molecule has 1 aliphatic rings. The Morgan fingerprint density at radius 3 is 2.75 bits per heavy atom. The van der Waals surface area contributed by atoms with Crippen LogP contribution >= 0.6 is 11.8 Å². The number of rotatable bonds is 3. The van der Waals surface area contributed by atoms with Gasteiger partial charge in [0.15, 0.2) is 0 Å². The summed E-state index contributed by atoms with van der Waals surface area (Å²) < 4.78 is 38.0. The summed E-state index contributed by atoms with van der Waals surface area (Å²) in [5, 5.41) is 4.77. The van der Waals surface area contributed by atoms with Crippen LogP contribution in [0.25, 0.3) is 0 Å². The summed E-state index contributed by atoms with van der Waals surface area (Å²) in [6.07, 6.45) is -4.45. The summed E-state index contributed by atoms with van der Waals surface area (Å²) in [5.74, 6) is 4.61. The van der Waals surface area contributed by atoms with Gasteiger partial charge >= 0.3 is 6.18 Å². The molecule has 1 unspecified atom stereocenters. The van der Waals surface area contributed by atoms with Crippen molar-refractivity contribution >= 4 is 29.3 Å². The second kappa shape index (κ2) is 8.40. The van der Waals surface area contributed by atoms with Crippen molar-refractivity contribution in [3.05, 3.63) is 59.7 Å². The van der Waals surface area contributed by atoms with Crippen LogP contribution in [-0.4, -0.2) is 23.6 Å². The molecule has 0 bridgehead atoms. The average molecular weight is 404 g/mol. The van der Waals surface area contributed by atoms with Crippen molar-refractivity contribution in [3.63, 3.8) is 0 Å². The van der Waals surface area contributed by atoms with E-state index in [0.29, 0.717) is 0 Å². The van der Waals surface area contributed by atoms with E-state index in [1.165, 1.54) is 23.9 Å². The summed E-state index contributed by atoms with van der Waals surface area (Å²) in [5.41, 5.74) is 0.160. The normalized spacial score (nSPS) is 15.7. The Morgan fingerprint density at radius 2 is 1.96 bits per heavy atom. The summed E-state index contributed by atoms with van der Waals surface area (Å²) in [6.45, 7) is -0.0231. The summed E-state index contributed by atoms with van der Waals surface area (Å²) in [7, 11) is 0. The van der Waals surface area contributed by atoms with E-state index in [2.05, 4.69) is 22.5 Å². The Hall–Kier alpha value is -2.92. The van der Waals surface area contributed by atoms with Crippen molar-refractivity contribution in [2.24, 2.45) is 0 Å². The molecule has 2 N–H and O–H groups in total. The Morgan fingerprint density at radius 1 is 1.18 bits per heavy atom. The second-order valence-electron chi connectivity index (χ2n) is 5.95. The van der Waals surface area contributed by atoms with Crippen molar-refractivity contribution in [2.45, 2.75) is 22.7 Å². The third kappa shape index (κ3) is 5.08. The highest BCUT2D eigenvalue weighted by Gasteiger charge is 2.30. The number of carbonyl (C=O) groups is 2. The molecule has 0 spiro atoms. The molecule has 1 atom stereocenters. The predicted octanol–water partition coefficient (Wildman–Crippen LogP) is 3.68. The molecule has 0 aromatic heterocycles. The van der Waals surface area contributed by atoms with E-state index in [9.17, 15) is 22.8 Å². The third-order valence-electron chi connectivity index (χ3n) is 3.87. The third-order valence-corrected chi connectivity index (χ3v) is 5.15. The van der Waals surface area contributed by atoms with Gasteiger partial charge in [-0.2, -0.15) is 13.2 Å². The monoisotopic (exact) mass is 404 g/mol. The molecule has 2 aromatic rings. The Balaban J connectivity index is 1.52. The summed E-state index contributed by atoms with van der Waals surface area (Å²) >= 11 is 1.32. The highest BCUT2D eigenvalue weighted by molar-refractivity contribution is 8.01. The fourth-order valence-electron chi connectivity index (χ4n) is 2.53. The first-order valence-electron chi connectivity index (χ1n) is 8.32. The SMILES string of the molecule is O=C(CC1Sc2ccccc2NC1=O)NCC#Cc1cccc(C(F)(F)F)c1. The van der Waals surface area contributed by atoms with Gasteiger partial charge in [0.1, 0.15) is 0 Å². The molecule has 3 rings (SSSR count). The van der Waals surface area contributed by atoms with Gasteiger partial charge in [0.05, 0.1) is 23.0 Å². The largest absolute Gasteiger partial charge is 0.416 e. The molecule has 0 radical (unpaired) electrons. The molecular weight excluding hydrogens is 389 g/mol. The average Bonchev–Trinajstić information content (AvgIpc) is 2.65. The second-order valence-corrected chi connectivity index (χ2v) is 7.20. The quantitative estimate of drug-likeness (QED) is 0.768. The van der Waals surface area contributed by atoms with E-state index in [-0.39, 0.29) is 30.3 Å². The summed E-state index contributed by atoms with van der Waals surface area (Å²) in [6, 6.07) is 12.0. The Kier molecular flexibility index (Phi) is 5.95. The van der Waals surface area contributed by atoms with E-state index in [4.69, 9.17) is 0 Å². The minimum atomic E-state index is -4.43. The van der Waals surface area contributed by atoms with E-state index in [1.807, 2.05) is 18.2 Å². The Bertz CT molecular complexity index is 964. The molecule has 2 amide bonds. The van der Waals surface area contributed by atoms with Crippen LogP contribution in [-0.2, 0) is 15.8 Å². The number of anilines is 1. The maximum absolute atomic E-state index is 12.7. The molecule has 2 aromatic carbocycles. The van der Waals surface area contributed by atoms with Crippen LogP contribution in [0.1, 0.15) is 17.5 Å². The lowest BCUT2D eigenvalue weighted by molar-refractivity contribution is -0.137. The molecule has 0 fully saturated rings. The van der Waals surface area contributed by atoms with Gasteiger partial charge in [0.2, 0.25) is 11.8 Å². The number of para-hydroxylation sites is 1. The number of alkyl halides is 3. The van der Waals surface area contributed by atoms with Gasteiger partial charge < -0.3 is 10.6 Å². The number of hydrogen-bond donors (Lipinski definition) is 2. The summed E-state index contributed by atoms with van der Waals surface area (Å²) in [4.78, 5) is 25.0. The van der Waals surface area contributed by atoms with Gasteiger partial charge in [0, 0.05) is 16.9 Å². The number of hydrogen-bond acceptors (Lipinski definition) is 3. The van der Waals surface area contributed by atoms with Gasteiger partial charge in [-0.1, -0.05) is 30.0 Å². The van der Waals surface area contributed by atoms with Crippen LogP contribution in [0.15, 0.2) is 53.4 Å². The zero-order valence-electron chi connectivity index (χ0n) is 14.5. The van der Waals surface area contributed by atoms with Gasteiger partial charge in [-0.15, -0.1) is 11.8 Å². The number of fused-ring (bicyclic) bond motifs is 1. The topological polar surface area (TPSA) is 58.2 Å². The number of nitrogens with one attached hydrogen (secondary N) is 2. The lowest BCUT2D eigenvalue weighted by Crippen LogP contribution is -2.35. The van der Waals surface area contributed by atoms with Crippen molar-refractivity contribution in [3.8, 4) is 11.8 Å². The number of benzene rings is 2. The zero-order valence-corrected chi connectivity index (χ0v) is 15.3. The highest BCUT2D eigenvalue weighted by atomic mass is 32.2. The van der Waals surface area contributed by atoms with Crippen LogP contribution in [0.3, 0.4) is 0 Å². The first-order valence-corrected chi connectivity index (χ1v) is 9.20. The molecule has 28 heavy (non-hydrogen) atoms. The van der Waals surface area contributed by atoms with Gasteiger partial charge in [-0.05, 0) is 30.3 Å². The van der Waals surface area contributed by atoms with E-state index < -0.39 is 17.0 Å². The van der Waals surface area contributed by atoms with Crippen LogP contribution in [0, 0.1) is 11.8 Å². The maximum Gasteiger partial charge on any atom is 0.416 e. The van der Waals surface area contributed by atoms with Crippen molar-refractivity contribution < 1.29 is 22.8 Å². The molecule has 0 aliphatic carbocycles. The highest BCUT2D eigenvalue weighted by Crippen LogP contribution is 2.36. The number of halogens is 3. The van der Waals surface area contributed by atoms with E-state index in [1.54, 1.807) is 6.07 Å². The predicted molar refractivity (Wildman–Crippen MR) is 101 cm³/mol. The van der Waals surface area contributed by atoms with Crippen molar-refractivity contribution in [2.75, 3.05) is 11.9 Å². The molecule has 4 nitrogen and oxygen atoms in total. The van der Waals surface area contributed by atoms with Gasteiger partial charge in [-0.3, -0.25) is 9.59 Å². The van der Waals surface area contributed by atoms with E-state index in [0.717, 1.165) is 22.7 Å². The molecule has 1 heterocycles. The molecule has 0 saturated heterocycles. The Labute approximate surface area is 163 Å². The minimum Gasteiger partial charge on any atom is -0.345 e. The first kappa shape index (κ1) is 19.8. The van der Waals surface area contributed by atoms with Crippen LogP contribution in [0.4, 0.5) is 18.9 Å². The molecule has 144 valence electrons. The number of carbonyl (C=O) groups excluding carboxylic acids is 2. The van der Waals surface area contributed by atoms with Crippen molar-refractivity contribution in [1.82, 2.24) is 5.32 Å². The maximum atomic E-state index is 12.7. The van der Waals surface area contributed by atoms with Gasteiger partial charge in [-0.25, -0.2) is 0 Å². The fraction of sp³-hybridized carbons (Fsp3) is 0.200. The number of amides is 2. The first-order chi connectivity index (χ1) is 13.3. The van der Waals surface area contributed by atoms with Crippen LogP contribution in [0.2, 0.25) is 0 Å². The van der Waals surface area contributed by atoms with Gasteiger partial charge in [0.25, 0.3) is 0 Å². The minimum absolute atomic E-state index is 0.0178. The van der Waals surface area contributed by atoms with E-state index >= 15 is 0 Å². The molecule has 0 saturated carbocycles. The fourth-order valence-corrected chi connectivity index (χ4v) is 3.64. The molecule has 1 aliphatic heterocycles. The molecule has 8 heteroatoms.